The average molecular weight is 276 g/mol. The van der Waals surface area contributed by atoms with Gasteiger partial charge in [0.25, 0.3) is 11.8 Å². The first kappa shape index (κ1) is 13.1. The van der Waals surface area contributed by atoms with Crippen molar-refractivity contribution in [3.05, 3.63) is 35.4 Å². The molecule has 1 aromatic carbocycles. The molecule has 1 atom stereocenters. The summed E-state index contributed by atoms with van der Waals surface area (Å²) in [6, 6.07) is 6.67. The van der Waals surface area contributed by atoms with Gasteiger partial charge in [0, 0.05) is 31.3 Å². The lowest BCUT2D eigenvalue weighted by atomic mass is 10.00. The molecule has 1 fully saturated rings. The van der Waals surface area contributed by atoms with E-state index in [2.05, 4.69) is 0 Å². The van der Waals surface area contributed by atoms with Crippen molar-refractivity contribution in [2.24, 2.45) is 0 Å². The molecule has 1 N–H and O–H groups in total. The number of fused-ring (bicyclic) bond motifs is 1. The fourth-order valence-electron chi connectivity index (χ4n) is 2.73. The van der Waals surface area contributed by atoms with Crippen LogP contribution in [0, 0.1) is 0 Å². The Morgan fingerprint density at radius 3 is 2.65 bits per heavy atom. The predicted molar refractivity (Wildman–Crippen MR) is 69.8 cm³/mol. The van der Waals surface area contributed by atoms with Gasteiger partial charge >= 0.3 is 0 Å². The van der Waals surface area contributed by atoms with Crippen LogP contribution < -0.4 is 0 Å². The van der Waals surface area contributed by atoms with E-state index < -0.39 is 11.6 Å². The summed E-state index contributed by atoms with van der Waals surface area (Å²) in [5, 5.41) is 10.9. The first-order valence-electron chi connectivity index (χ1n) is 6.54. The molecule has 6 nitrogen and oxygen atoms in total. The molecule has 0 bridgehead atoms. The van der Waals surface area contributed by atoms with Crippen molar-refractivity contribution in [1.82, 2.24) is 9.80 Å². The monoisotopic (exact) mass is 276 g/mol. The molecule has 0 aliphatic carbocycles. The lowest BCUT2D eigenvalue weighted by Crippen LogP contribution is -2.56. The second-order valence-electron chi connectivity index (χ2n) is 4.99. The van der Waals surface area contributed by atoms with Crippen LogP contribution in [0.1, 0.15) is 15.9 Å². The highest BCUT2D eigenvalue weighted by Gasteiger charge is 2.53. The average Bonchev–Trinajstić information content (AvgIpc) is 2.71. The molecule has 0 saturated carbocycles. The second kappa shape index (κ2) is 4.57. The van der Waals surface area contributed by atoms with E-state index in [4.69, 9.17) is 4.74 Å². The molecule has 1 aromatic rings. The van der Waals surface area contributed by atoms with Crippen LogP contribution in [0.4, 0.5) is 0 Å². The van der Waals surface area contributed by atoms with Crippen molar-refractivity contribution in [3.63, 3.8) is 0 Å². The Bertz CT molecular complexity index is 568. The summed E-state index contributed by atoms with van der Waals surface area (Å²) in [5.41, 5.74) is -1.19. The zero-order valence-electron chi connectivity index (χ0n) is 11.2. The van der Waals surface area contributed by atoms with Crippen LogP contribution in [-0.4, -0.2) is 60.1 Å². The molecule has 2 aliphatic heterocycles. The number of aliphatic hydroxyl groups is 1. The number of hydrogen-bond acceptors (Lipinski definition) is 4. The standard InChI is InChI=1S/C14H16N2O4/c1-15-12(17)10-4-2-3-5-11(10)14(15,19)13(18)16-6-8-20-9-7-16/h2-5,19H,6-9H2,1H3. The fraction of sp³-hybridized carbons (Fsp3) is 0.429. The molecular formula is C14H16N2O4. The lowest BCUT2D eigenvalue weighted by Gasteiger charge is -2.36. The van der Waals surface area contributed by atoms with Crippen LogP contribution in [0.3, 0.4) is 0 Å². The van der Waals surface area contributed by atoms with E-state index >= 15 is 0 Å². The van der Waals surface area contributed by atoms with E-state index in [1.54, 1.807) is 24.3 Å². The second-order valence-corrected chi connectivity index (χ2v) is 4.99. The van der Waals surface area contributed by atoms with Crippen molar-refractivity contribution >= 4 is 11.8 Å². The highest BCUT2D eigenvalue weighted by atomic mass is 16.5. The number of rotatable bonds is 1. The largest absolute Gasteiger partial charge is 0.378 e. The van der Waals surface area contributed by atoms with Gasteiger partial charge in [0.2, 0.25) is 5.72 Å². The first-order chi connectivity index (χ1) is 9.56. The number of benzene rings is 1. The van der Waals surface area contributed by atoms with Gasteiger partial charge in [0.05, 0.1) is 13.2 Å². The quantitative estimate of drug-likeness (QED) is 0.769. The van der Waals surface area contributed by atoms with E-state index in [0.29, 0.717) is 37.4 Å². The van der Waals surface area contributed by atoms with Gasteiger partial charge in [-0.3, -0.25) is 9.59 Å². The van der Waals surface area contributed by atoms with E-state index in [1.165, 1.54) is 11.9 Å². The van der Waals surface area contributed by atoms with E-state index in [9.17, 15) is 14.7 Å². The Morgan fingerprint density at radius 2 is 1.95 bits per heavy atom. The van der Waals surface area contributed by atoms with Gasteiger partial charge in [-0.15, -0.1) is 0 Å². The molecule has 20 heavy (non-hydrogen) atoms. The van der Waals surface area contributed by atoms with E-state index in [1.807, 2.05) is 0 Å². The zero-order chi connectivity index (χ0) is 14.3. The summed E-state index contributed by atoms with van der Waals surface area (Å²) in [5.74, 6) is -0.814. The molecule has 1 unspecified atom stereocenters. The van der Waals surface area contributed by atoms with Gasteiger partial charge in [-0.05, 0) is 6.07 Å². The summed E-state index contributed by atoms with van der Waals surface area (Å²) >= 11 is 0. The highest BCUT2D eigenvalue weighted by Crippen LogP contribution is 2.37. The maximum atomic E-state index is 12.7. The minimum absolute atomic E-state index is 0.343. The van der Waals surface area contributed by atoms with Crippen LogP contribution in [0.2, 0.25) is 0 Å². The maximum Gasteiger partial charge on any atom is 0.281 e. The van der Waals surface area contributed by atoms with Crippen molar-refractivity contribution in [2.75, 3.05) is 33.4 Å². The molecule has 2 aliphatic rings. The molecule has 0 aromatic heterocycles. The van der Waals surface area contributed by atoms with Crippen LogP contribution in [-0.2, 0) is 15.3 Å². The minimum Gasteiger partial charge on any atom is -0.378 e. The molecular weight excluding hydrogens is 260 g/mol. The van der Waals surface area contributed by atoms with E-state index in [-0.39, 0.29) is 5.91 Å². The van der Waals surface area contributed by atoms with Crippen molar-refractivity contribution in [1.29, 1.82) is 0 Å². The topological polar surface area (TPSA) is 70.1 Å². The van der Waals surface area contributed by atoms with Crippen LogP contribution in [0.25, 0.3) is 0 Å². The SMILES string of the molecule is CN1C(=O)c2ccccc2C1(O)C(=O)N1CCOCC1. The first-order valence-corrected chi connectivity index (χ1v) is 6.54. The molecule has 106 valence electrons. The van der Waals surface area contributed by atoms with Crippen molar-refractivity contribution in [3.8, 4) is 0 Å². The van der Waals surface area contributed by atoms with Gasteiger partial charge in [0.1, 0.15) is 0 Å². The zero-order valence-corrected chi connectivity index (χ0v) is 11.2. The van der Waals surface area contributed by atoms with Crippen LogP contribution in [0.5, 0.6) is 0 Å². The predicted octanol–water partition coefficient (Wildman–Crippen LogP) is -0.224. The van der Waals surface area contributed by atoms with Crippen LogP contribution >= 0.6 is 0 Å². The number of morpholine rings is 1. The molecule has 2 heterocycles. The Labute approximate surface area is 116 Å². The third-order valence-electron chi connectivity index (χ3n) is 3.92. The maximum absolute atomic E-state index is 12.7. The number of nitrogens with zero attached hydrogens (tertiary/aromatic N) is 2. The third-order valence-corrected chi connectivity index (χ3v) is 3.92. The van der Waals surface area contributed by atoms with Gasteiger partial charge in [-0.25, -0.2) is 0 Å². The van der Waals surface area contributed by atoms with Crippen molar-refractivity contribution < 1.29 is 19.4 Å². The van der Waals surface area contributed by atoms with Gasteiger partial charge in [-0.1, -0.05) is 18.2 Å². The molecule has 0 spiro atoms. The van der Waals surface area contributed by atoms with Gasteiger partial charge in [0.15, 0.2) is 0 Å². The number of carbonyl (C=O) groups is 2. The number of ether oxygens (including phenoxy) is 1. The molecule has 3 rings (SSSR count). The van der Waals surface area contributed by atoms with E-state index in [0.717, 1.165) is 4.90 Å². The highest BCUT2D eigenvalue weighted by molar-refractivity contribution is 6.05. The van der Waals surface area contributed by atoms with Gasteiger partial charge in [-0.2, -0.15) is 0 Å². The summed E-state index contributed by atoms with van der Waals surface area (Å²) in [6.45, 7) is 1.74. The number of carbonyl (C=O) groups excluding carboxylic acids is 2. The van der Waals surface area contributed by atoms with Gasteiger partial charge < -0.3 is 19.6 Å². The van der Waals surface area contributed by atoms with Crippen molar-refractivity contribution in [2.45, 2.75) is 5.72 Å². The Balaban J connectivity index is 2.02. The number of likely N-dealkylation sites (N-methyl/N-ethyl adjacent to an activating group) is 1. The van der Waals surface area contributed by atoms with Crippen LogP contribution in [0.15, 0.2) is 24.3 Å². The minimum atomic E-state index is -1.91. The fourth-order valence-corrected chi connectivity index (χ4v) is 2.73. The summed E-state index contributed by atoms with van der Waals surface area (Å²) < 4.78 is 5.21. The molecule has 2 amide bonds. The smallest absolute Gasteiger partial charge is 0.281 e. The summed E-state index contributed by atoms with van der Waals surface area (Å²) in [4.78, 5) is 27.5. The normalized spacial score (nSPS) is 25.8. The third kappa shape index (κ3) is 1.65. The molecule has 1 saturated heterocycles. The summed E-state index contributed by atoms with van der Waals surface area (Å²) in [7, 11) is 1.45. The molecule has 0 radical (unpaired) electrons. The molecule has 6 heteroatoms. The number of amides is 2. The Hall–Kier alpha value is -1.92. The summed E-state index contributed by atoms with van der Waals surface area (Å²) in [6.07, 6.45) is 0. The number of hydrogen-bond donors (Lipinski definition) is 1. The Morgan fingerprint density at radius 1 is 1.30 bits per heavy atom. The Kier molecular flexibility index (Phi) is 2.99. The lowest BCUT2D eigenvalue weighted by molar-refractivity contribution is -0.171.